The van der Waals surface area contributed by atoms with Gasteiger partial charge in [-0.1, -0.05) is 6.07 Å². The first kappa shape index (κ1) is 13.2. The summed E-state index contributed by atoms with van der Waals surface area (Å²) in [6.07, 6.45) is 1.99. The van der Waals surface area contributed by atoms with Crippen molar-refractivity contribution in [2.24, 2.45) is 0 Å². The molecule has 3 nitrogen and oxygen atoms in total. The summed E-state index contributed by atoms with van der Waals surface area (Å²) in [7, 11) is 1.55. The fourth-order valence-electron chi connectivity index (χ4n) is 1.66. The first-order chi connectivity index (χ1) is 8.70. The van der Waals surface area contributed by atoms with Gasteiger partial charge in [0.1, 0.15) is 6.10 Å². The number of ether oxygens (including phenoxy) is 2. The number of nitrogens with one attached hydrogen (secondary N) is 1. The van der Waals surface area contributed by atoms with E-state index in [1.54, 1.807) is 7.11 Å². The van der Waals surface area contributed by atoms with Crippen LogP contribution in [0.1, 0.15) is 12.8 Å². The number of halogens is 2. The summed E-state index contributed by atoms with van der Waals surface area (Å²) >= 11 is 0. The monoisotopic (exact) mass is 257 g/mol. The third kappa shape index (κ3) is 3.65. The molecule has 0 aliphatic heterocycles. The highest BCUT2D eigenvalue weighted by Crippen LogP contribution is 2.21. The number of hydrogen-bond acceptors (Lipinski definition) is 3. The van der Waals surface area contributed by atoms with Crippen LogP contribution in [-0.4, -0.2) is 32.4 Å². The first-order valence-electron chi connectivity index (χ1n) is 6.03. The van der Waals surface area contributed by atoms with Crippen LogP contribution in [0.4, 0.5) is 8.78 Å². The van der Waals surface area contributed by atoms with Gasteiger partial charge in [-0.2, -0.15) is 4.39 Å². The fourth-order valence-corrected chi connectivity index (χ4v) is 1.66. The molecule has 5 heteroatoms. The van der Waals surface area contributed by atoms with E-state index < -0.39 is 11.6 Å². The van der Waals surface area contributed by atoms with E-state index in [2.05, 4.69) is 5.32 Å². The fraction of sp³-hybridized carbons (Fsp3) is 0.538. The number of rotatable bonds is 7. The molecule has 2 rings (SSSR count). The molecule has 100 valence electrons. The molecule has 1 aliphatic rings. The van der Waals surface area contributed by atoms with Crippen LogP contribution < -0.4 is 10.1 Å². The summed E-state index contributed by atoms with van der Waals surface area (Å²) in [4.78, 5) is 0. The summed E-state index contributed by atoms with van der Waals surface area (Å²) < 4.78 is 36.9. The molecule has 1 aliphatic carbocycles. The van der Waals surface area contributed by atoms with Gasteiger partial charge in [-0.05, 0) is 25.0 Å². The largest absolute Gasteiger partial charge is 0.483 e. The van der Waals surface area contributed by atoms with Crippen LogP contribution in [0.5, 0.6) is 5.75 Å². The highest BCUT2D eigenvalue weighted by molar-refractivity contribution is 5.25. The van der Waals surface area contributed by atoms with Crippen molar-refractivity contribution in [1.82, 2.24) is 5.32 Å². The molecule has 0 bridgehead atoms. The number of hydrogen-bond donors (Lipinski definition) is 1. The highest BCUT2D eigenvalue weighted by atomic mass is 19.2. The second-order valence-corrected chi connectivity index (χ2v) is 4.43. The summed E-state index contributed by atoms with van der Waals surface area (Å²) in [6, 6.07) is 4.44. The Kier molecular flexibility index (Phi) is 4.49. The Morgan fingerprint density at radius 2 is 2.17 bits per heavy atom. The molecular weight excluding hydrogens is 240 g/mol. The molecule has 1 aromatic rings. The quantitative estimate of drug-likeness (QED) is 0.811. The molecule has 1 saturated carbocycles. The molecule has 0 saturated heterocycles. The Morgan fingerprint density at radius 1 is 1.39 bits per heavy atom. The molecule has 1 N–H and O–H groups in total. The Balaban J connectivity index is 1.95. The Labute approximate surface area is 105 Å². The summed E-state index contributed by atoms with van der Waals surface area (Å²) in [5.41, 5.74) is 0. The minimum Gasteiger partial charge on any atom is -0.483 e. The highest BCUT2D eigenvalue weighted by Gasteiger charge is 2.23. The topological polar surface area (TPSA) is 30.5 Å². The number of benzene rings is 1. The summed E-state index contributed by atoms with van der Waals surface area (Å²) in [6.45, 7) is 0.893. The van der Waals surface area contributed by atoms with Gasteiger partial charge in [0, 0.05) is 19.7 Å². The maximum absolute atomic E-state index is 13.5. The lowest BCUT2D eigenvalue weighted by atomic mass is 10.3. The molecule has 1 atom stereocenters. The maximum Gasteiger partial charge on any atom is 0.200 e. The zero-order chi connectivity index (χ0) is 13.0. The Hall–Kier alpha value is -1.20. The first-order valence-corrected chi connectivity index (χ1v) is 6.03. The molecule has 0 radical (unpaired) electrons. The van der Waals surface area contributed by atoms with E-state index in [1.165, 1.54) is 12.1 Å². The average molecular weight is 257 g/mol. The summed E-state index contributed by atoms with van der Waals surface area (Å²) in [5, 5.41) is 3.27. The minimum atomic E-state index is -0.954. The maximum atomic E-state index is 13.5. The normalized spacial score (nSPS) is 16.6. The van der Waals surface area contributed by atoms with Gasteiger partial charge in [-0.25, -0.2) is 4.39 Å². The van der Waals surface area contributed by atoms with Crippen LogP contribution in [-0.2, 0) is 4.74 Å². The van der Waals surface area contributed by atoms with Crippen molar-refractivity contribution < 1.29 is 18.3 Å². The van der Waals surface area contributed by atoms with Gasteiger partial charge in [0.2, 0.25) is 5.82 Å². The van der Waals surface area contributed by atoms with Crippen molar-refractivity contribution in [2.45, 2.75) is 25.0 Å². The minimum absolute atomic E-state index is 0.0744. The smallest absolute Gasteiger partial charge is 0.200 e. The van der Waals surface area contributed by atoms with Crippen LogP contribution in [0.3, 0.4) is 0 Å². The standard InChI is InChI=1S/C13H17F2NO2/c1-17-8-10(7-16-9-5-6-9)18-12-4-2-3-11(14)13(12)15/h2-4,9-10,16H,5-8H2,1H3. The van der Waals surface area contributed by atoms with Crippen molar-refractivity contribution in [1.29, 1.82) is 0 Å². The van der Waals surface area contributed by atoms with Gasteiger partial charge in [0.15, 0.2) is 11.6 Å². The summed E-state index contributed by atoms with van der Waals surface area (Å²) in [5.74, 6) is -1.93. The van der Waals surface area contributed by atoms with E-state index in [1.807, 2.05) is 0 Å². The van der Waals surface area contributed by atoms with E-state index in [0.717, 1.165) is 18.9 Å². The molecule has 1 fully saturated rings. The zero-order valence-electron chi connectivity index (χ0n) is 10.3. The predicted molar refractivity (Wildman–Crippen MR) is 63.7 cm³/mol. The molecule has 0 amide bonds. The molecule has 0 aromatic heterocycles. The third-order valence-corrected chi connectivity index (χ3v) is 2.77. The van der Waals surface area contributed by atoms with Crippen molar-refractivity contribution in [3.8, 4) is 5.75 Å². The van der Waals surface area contributed by atoms with Crippen molar-refractivity contribution >= 4 is 0 Å². The van der Waals surface area contributed by atoms with Gasteiger partial charge in [-0.3, -0.25) is 0 Å². The van der Waals surface area contributed by atoms with Gasteiger partial charge < -0.3 is 14.8 Å². The van der Waals surface area contributed by atoms with Gasteiger partial charge in [0.25, 0.3) is 0 Å². The Morgan fingerprint density at radius 3 is 2.83 bits per heavy atom. The van der Waals surface area contributed by atoms with Crippen LogP contribution >= 0.6 is 0 Å². The lowest BCUT2D eigenvalue weighted by Crippen LogP contribution is -2.36. The van der Waals surface area contributed by atoms with Gasteiger partial charge >= 0.3 is 0 Å². The lowest BCUT2D eigenvalue weighted by Gasteiger charge is -2.19. The molecule has 1 aromatic carbocycles. The van der Waals surface area contributed by atoms with Crippen LogP contribution in [0.25, 0.3) is 0 Å². The Bertz CT molecular complexity index is 397. The second-order valence-electron chi connectivity index (χ2n) is 4.43. The average Bonchev–Trinajstić information content (AvgIpc) is 3.16. The van der Waals surface area contributed by atoms with Crippen molar-refractivity contribution in [3.63, 3.8) is 0 Å². The van der Waals surface area contributed by atoms with Crippen LogP contribution in [0, 0.1) is 11.6 Å². The SMILES string of the molecule is COCC(CNC1CC1)Oc1cccc(F)c1F. The second kappa shape index (κ2) is 6.11. The van der Waals surface area contributed by atoms with E-state index in [9.17, 15) is 8.78 Å². The predicted octanol–water partition coefficient (Wildman–Crippen LogP) is 2.11. The van der Waals surface area contributed by atoms with E-state index in [4.69, 9.17) is 9.47 Å². The zero-order valence-corrected chi connectivity index (χ0v) is 10.3. The lowest BCUT2D eigenvalue weighted by molar-refractivity contribution is 0.0771. The van der Waals surface area contributed by atoms with Gasteiger partial charge in [-0.15, -0.1) is 0 Å². The van der Waals surface area contributed by atoms with E-state index in [-0.39, 0.29) is 11.9 Å². The van der Waals surface area contributed by atoms with Crippen LogP contribution in [0.15, 0.2) is 18.2 Å². The van der Waals surface area contributed by atoms with Crippen molar-refractivity contribution in [3.05, 3.63) is 29.8 Å². The molecular formula is C13H17F2NO2. The number of methoxy groups -OCH3 is 1. The van der Waals surface area contributed by atoms with E-state index >= 15 is 0 Å². The molecule has 18 heavy (non-hydrogen) atoms. The van der Waals surface area contributed by atoms with E-state index in [0.29, 0.717) is 19.2 Å². The molecule has 0 spiro atoms. The molecule has 1 unspecified atom stereocenters. The molecule has 0 heterocycles. The van der Waals surface area contributed by atoms with Crippen molar-refractivity contribution in [2.75, 3.05) is 20.3 Å². The van der Waals surface area contributed by atoms with Crippen LogP contribution in [0.2, 0.25) is 0 Å². The third-order valence-electron chi connectivity index (χ3n) is 2.77. The van der Waals surface area contributed by atoms with Gasteiger partial charge in [0.05, 0.1) is 6.61 Å².